The molecule has 0 heterocycles. The van der Waals surface area contributed by atoms with Crippen molar-refractivity contribution in [3.05, 3.63) is 0 Å². The summed E-state index contributed by atoms with van der Waals surface area (Å²) in [6, 6.07) is 0. The lowest BCUT2D eigenvalue weighted by molar-refractivity contribution is 0.147. The number of hydrogen-bond donors (Lipinski definition) is 0. The van der Waals surface area contributed by atoms with E-state index < -0.39 is 0 Å². The molecule has 0 amide bonds. The Morgan fingerprint density at radius 1 is 1.27 bits per heavy atom. The maximum atomic E-state index is 2.42. The lowest BCUT2D eigenvalue weighted by Crippen LogP contribution is -2.25. The van der Waals surface area contributed by atoms with Crippen LogP contribution in [0.15, 0.2) is 0 Å². The van der Waals surface area contributed by atoms with Gasteiger partial charge in [-0.2, -0.15) is 0 Å². The van der Waals surface area contributed by atoms with Crippen LogP contribution in [0, 0.1) is 17.3 Å². The van der Waals surface area contributed by atoms with Crippen molar-refractivity contribution in [2.24, 2.45) is 17.3 Å². The first-order chi connectivity index (χ1) is 5.01. The maximum absolute atomic E-state index is 2.42. The molecule has 1 aliphatic carbocycles. The Bertz CT molecular complexity index is 122. The molecular formula is C11H22. The van der Waals surface area contributed by atoms with Crippen LogP contribution >= 0.6 is 0 Å². The summed E-state index contributed by atoms with van der Waals surface area (Å²) in [5.41, 5.74) is 0.632. The van der Waals surface area contributed by atoms with Crippen molar-refractivity contribution < 1.29 is 0 Å². The molecule has 1 rings (SSSR count). The largest absolute Gasteiger partial charge is 0.0625 e. The summed E-state index contributed by atoms with van der Waals surface area (Å²) in [6.07, 6.45) is 5.82. The van der Waals surface area contributed by atoms with E-state index in [0.717, 1.165) is 11.8 Å². The highest BCUT2D eigenvalue weighted by atomic mass is 14.3. The zero-order valence-corrected chi connectivity index (χ0v) is 8.48. The van der Waals surface area contributed by atoms with Gasteiger partial charge in [-0.3, -0.25) is 0 Å². The van der Waals surface area contributed by atoms with E-state index in [4.69, 9.17) is 0 Å². The van der Waals surface area contributed by atoms with E-state index in [2.05, 4.69) is 27.7 Å². The fraction of sp³-hybridized carbons (Fsp3) is 1.00. The molecule has 1 aliphatic rings. The van der Waals surface area contributed by atoms with Crippen LogP contribution in [0.3, 0.4) is 0 Å². The Morgan fingerprint density at radius 2 is 1.91 bits per heavy atom. The van der Waals surface area contributed by atoms with Gasteiger partial charge < -0.3 is 0 Å². The molecule has 1 saturated carbocycles. The molecule has 0 aromatic heterocycles. The van der Waals surface area contributed by atoms with Crippen LogP contribution in [0.1, 0.15) is 53.4 Å². The second kappa shape index (κ2) is 3.16. The number of rotatable bonds is 1. The topological polar surface area (TPSA) is 0 Å². The molecule has 1 fully saturated rings. The van der Waals surface area contributed by atoms with Gasteiger partial charge in [0.25, 0.3) is 0 Å². The van der Waals surface area contributed by atoms with Gasteiger partial charge in [0.1, 0.15) is 0 Å². The van der Waals surface area contributed by atoms with Crippen LogP contribution in [-0.2, 0) is 0 Å². The molecule has 66 valence electrons. The molecule has 0 saturated heterocycles. The molecule has 11 heavy (non-hydrogen) atoms. The first kappa shape index (κ1) is 9.09. The summed E-state index contributed by atoms with van der Waals surface area (Å²) in [5, 5.41) is 0. The van der Waals surface area contributed by atoms with E-state index in [1.54, 1.807) is 0 Å². The molecule has 0 N–H and O–H groups in total. The van der Waals surface area contributed by atoms with Gasteiger partial charge in [-0.05, 0) is 30.1 Å². The van der Waals surface area contributed by atoms with Gasteiger partial charge >= 0.3 is 0 Å². The van der Waals surface area contributed by atoms with E-state index >= 15 is 0 Å². The second-order valence-electron chi connectivity index (χ2n) is 5.26. The SMILES string of the molecule is CC(C)C1CCCC(C)(C)C1. The fourth-order valence-electron chi connectivity index (χ4n) is 2.33. The van der Waals surface area contributed by atoms with Gasteiger partial charge in [0, 0.05) is 0 Å². The minimum atomic E-state index is 0.632. The maximum Gasteiger partial charge on any atom is -0.0351 e. The van der Waals surface area contributed by atoms with Crippen LogP contribution in [0.2, 0.25) is 0 Å². The predicted octanol–water partition coefficient (Wildman–Crippen LogP) is 3.86. The Balaban J connectivity index is 2.46. The fourth-order valence-corrected chi connectivity index (χ4v) is 2.33. The normalized spacial score (nSPS) is 30.8. The molecule has 0 aromatic carbocycles. The minimum absolute atomic E-state index is 0.632. The highest BCUT2D eigenvalue weighted by Gasteiger charge is 2.29. The van der Waals surface area contributed by atoms with E-state index in [-0.39, 0.29) is 0 Å². The Hall–Kier alpha value is 0. The van der Waals surface area contributed by atoms with Gasteiger partial charge in [0.2, 0.25) is 0 Å². The first-order valence-electron chi connectivity index (χ1n) is 5.01. The van der Waals surface area contributed by atoms with E-state index in [0.29, 0.717) is 5.41 Å². The summed E-state index contributed by atoms with van der Waals surface area (Å²) in [5.74, 6) is 1.90. The van der Waals surface area contributed by atoms with Crippen molar-refractivity contribution in [1.82, 2.24) is 0 Å². The molecule has 0 spiro atoms. The van der Waals surface area contributed by atoms with Crippen LogP contribution in [0.5, 0.6) is 0 Å². The van der Waals surface area contributed by atoms with E-state index in [1.807, 2.05) is 0 Å². The third-order valence-corrected chi connectivity index (χ3v) is 3.19. The predicted molar refractivity (Wildman–Crippen MR) is 50.6 cm³/mol. The van der Waals surface area contributed by atoms with Crippen molar-refractivity contribution in [3.8, 4) is 0 Å². The summed E-state index contributed by atoms with van der Waals surface area (Å²) in [7, 11) is 0. The van der Waals surface area contributed by atoms with Crippen LogP contribution in [-0.4, -0.2) is 0 Å². The van der Waals surface area contributed by atoms with Gasteiger partial charge in [-0.1, -0.05) is 40.5 Å². The molecule has 0 aliphatic heterocycles. The Labute approximate surface area is 71.4 Å². The highest BCUT2D eigenvalue weighted by molar-refractivity contribution is 4.80. The summed E-state index contributed by atoms with van der Waals surface area (Å²) in [4.78, 5) is 0. The molecule has 0 heteroatoms. The van der Waals surface area contributed by atoms with Gasteiger partial charge in [-0.25, -0.2) is 0 Å². The van der Waals surface area contributed by atoms with Crippen molar-refractivity contribution in [3.63, 3.8) is 0 Å². The molecule has 0 radical (unpaired) electrons. The zero-order valence-electron chi connectivity index (χ0n) is 8.48. The summed E-state index contributed by atoms with van der Waals surface area (Å²) in [6.45, 7) is 9.57. The van der Waals surface area contributed by atoms with Gasteiger partial charge in [0.15, 0.2) is 0 Å². The molecule has 0 bridgehead atoms. The van der Waals surface area contributed by atoms with Crippen LogP contribution < -0.4 is 0 Å². The third kappa shape index (κ3) is 2.50. The van der Waals surface area contributed by atoms with Crippen LogP contribution in [0.25, 0.3) is 0 Å². The molecule has 1 unspecified atom stereocenters. The second-order valence-corrected chi connectivity index (χ2v) is 5.26. The van der Waals surface area contributed by atoms with E-state index in [9.17, 15) is 0 Å². The highest BCUT2D eigenvalue weighted by Crippen LogP contribution is 2.41. The Morgan fingerprint density at radius 3 is 2.27 bits per heavy atom. The standard InChI is InChI=1S/C11H22/c1-9(2)10-6-5-7-11(3,4)8-10/h9-10H,5-8H2,1-4H3. The molecule has 0 aromatic rings. The van der Waals surface area contributed by atoms with Crippen molar-refractivity contribution >= 4 is 0 Å². The average molecular weight is 154 g/mol. The lowest BCUT2D eigenvalue weighted by atomic mass is 9.69. The first-order valence-corrected chi connectivity index (χ1v) is 5.01. The summed E-state index contributed by atoms with van der Waals surface area (Å²) < 4.78 is 0. The Kier molecular flexibility index (Phi) is 2.61. The van der Waals surface area contributed by atoms with Crippen LogP contribution in [0.4, 0.5) is 0 Å². The summed E-state index contributed by atoms with van der Waals surface area (Å²) >= 11 is 0. The monoisotopic (exact) mass is 154 g/mol. The van der Waals surface area contributed by atoms with Crippen molar-refractivity contribution in [1.29, 1.82) is 0 Å². The lowest BCUT2D eigenvalue weighted by Gasteiger charge is -2.37. The van der Waals surface area contributed by atoms with Crippen molar-refractivity contribution in [2.75, 3.05) is 0 Å². The van der Waals surface area contributed by atoms with Gasteiger partial charge in [0.05, 0.1) is 0 Å². The molecular weight excluding hydrogens is 132 g/mol. The molecule has 1 atom stereocenters. The average Bonchev–Trinajstić information content (AvgIpc) is 1.85. The quantitative estimate of drug-likeness (QED) is 0.538. The zero-order chi connectivity index (χ0) is 8.48. The molecule has 0 nitrogen and oxygen atoms in total. The third-order valence-electron chi connectivity index (χ3n) is 3.19. The number of hydrogen-bond acceptors (Lipinski definition) is 0. The minimum Gasteiger partial charge on any atom is -0.0625 e. The smallest absolute Gasteiger partial charge is 0.0351 e. The van der Waals surface area contributed by atoms with Gasteiger partial charge in [-0.15, -0.1) is 0 Å². The van der Waals surface area contributed by atoms with Crippen molar-refractivity contribution in [2.45, 2.75) is 53.4 Å². The van der Waals surface area contributed by atoms with E-state index in [1.165, 1.54) is 25.7 Å².